The fourth-order valence-corrected chi connectivity index (χ4v) is 6.88. The highest BCUT2D eigenvalue weighted by molar-refractivity contribution is 5.94. The quantitative estimate of drug-likeness (QED) is 0.725. The first kappa shape index (κ1) is 18.2. The highest BCUT2D eigenvalue weighted by Gasteiger charge is 2.63. The topological polar surface area (TPSA) is 63.6 Å². The largest absolute Gasteiger partial charge is 0.460 e. The third kappa shape index (κ3) is 2.44. The van der Waals surface area contributed by atoms with Crippen LogP contribution in [0.1, 0.15) is 66.2 Å². The molecule has 0 aliphatic heterocycles. The fourth-order valence-electron chi connectivity index (χ4n) is 6.88. The second-order valence-corrected chi connectivity index (χ2v) is 9.95. The van der Waals surface area contributed by atoms with Crippen LogP contribution < -0.4 is 0 Å². The van der Waals surface area contributed by atoms with E-state index in [1.54, 1.807) is 0 Å². The Morgan fingerprint density at radius 3 is 2.65 bits per heavy atom. The summed E-state index contributed by atoms with van der Waals surface area (Å²) < 4.78 is 5.43. The van der Waals surface area contributed by atoms with Crippen LogP contribution in [0.5, 0.6) is 0 Å². The van der Waals surface area contributed by atoms with Crippen molar-refractivity contribution in [1.29, 1.82) is 0 Å². The van der Waals surface area contributed by atoms with E-state index in [9.17, 15) is 14.7 Å². The van der Waals surface area contributed by atoms with Crippen molar-refractivity contribution < 1.29 is 19.4 Å². The number of carbonyl (C=O) groups is 2. The lowest BCUT2D eigenvalue weighted by Crippen LogP contribution is -2.53. The van der Waals surface area contributed by atoms with Crippen LogP contribution in [0.4, 0.5) is 0 Å². The Morgan fingerprint density at radius 2 is 1.96 bits per heavy atom. The van der Waals surface area contributed by atoms with Gasteiger partial charge in [0, 0.05) is 18.3 Å². The normalized spacial score (nSPS) is 50.3. The number of ether oxygens (including phenoxy) is 1. The van der Waals surface area contributed by atoms with Crippen molar-refractivity contribution in [3.8, 4) is 0 Å². The van der Waals surface area contributed by atoms with Crippen molar-refractivity contribution >= 4 is 11.8 Å². The molecule has 3 unspecified atom stereocenters. The molecule has 0 aromatic carbocycles. The molecule has 0 bridgehead atoms. The minimum Gasteiger partial charge on any atom is -0.460 e. The first-order chi connectivity index (χ1) is 12.2. The van der Waals surface area contributed by atoms with Crippen LogP contribution in [-0.2, 0) is 14.3 Å². The lowest BCUT2D eigenvalue weighted by Gasteiger charge is -2.56. The SMILES string of the molecule is CC(=O)O[C@@H]1CC2C3C(=O)C=C4C[C@H](C)CC[C@]4(C)C3CC[C@]2(C)[C@H]1O. The lowest BCUT2D eigenvalue weighted by atomic mass is 9.47. The third-order valence-corrected chi connectivity index (χ3v) is 8.46. The van der Waals surface area contributed by atoms with E-state index >= 15 is 0 Å². The molecule has 0 saturated heterocycles. The van der Waals surface area contributed by atoms with E-state index in [2.05, 4.69) is 20.8 Å². The predicted molar refractivity (Wildman–Crippen MR) is 98.2 cm³/mol. The maximum atomic E-state index is 13.2. The van der Waals surface area contributed by atoms with Crippen molar-refractivity contribution in [3.05, 3.63) is 11.6 Å². The van der Waals surface area contributed by atoms with Crippen molar-refractivity contribution in [3.63, 3.8) is 0 Å². The van der Waals surface area contributed by atoms with Gasteiger partial charge in [0.2, 0.25) is 0 Å². The van der Waals surface area contributed by atoms with Crippen LogP contribution in [0.15, 0.2) is 11.6 Å². The number of hydrogen-bond acceptors (Lipinski definition) is 4. The molecule has 4 rings (SSSR count). The summed E-state index contributed by atoms with van der Waals surface area (Å²) in [6.07, 6.45) is 6.74. The third-order valence-electron chi connectivity index (χ3n) is 8.46. The number of allylic oxidation sites excluding steroid dienone is 2. The Labute approximate surface area is 156 Å². The Balaban J connectivity index is 1.70. The number of carbonyl (C=O) groups excluding carboxylic acids is 2. The molecule has 0 aromatic rings. The monoisotopic (exact) mass is 360 g/mol. The van der Waals surface area contributed by atoms with Crippen LogP contribution in [0.3, 0.4) is 0 Å². The van der Waals surface area contributed by atoms with E-state index in [1.165, 1.54) is 18.9 Å². The van der Waals surface area contributed by atoms with Crippen molar-refractivity contribution in [1.82, 2.24) is 0 Å². The van der Waals surface area contributed by atoms with Gasteiger partial charge in [-0.15, -0.1) is 0 Å². The van der Waals surface area contributed by atoms with Crippen molar-refractivity contribution in [2.45, 2.75) is 78.4 Å². The summed E-state index contributed by atoms with van der Waals surface area (Å²) in [4.78, 5) is 24.6. The number of rotatable bonds is 1. The summed E-state index contributed by atoms with van der Waals surface area (Å²) >= 11 is 0. The second kappa shape index (κ2) is 5.92. The molecule has 4 aliphatic carbocycles. The van der Waals surface area contributed by atoms with E-state index in [1.807, 2.05) is 6.08 Å². The van der Waals surface area contributed by atoms with Crippen molar-refractivity contribution in [2.75, 3.05) is 0 Å². The minimum atomic E-state index is -0.672. The molecule has 144 valence electrons. The standard InChI is InChI=1S/C22H32O4/c1-12-5-7-21(3)14(9-12)10-17(24)19-15(21)6-8-22(4)16(19)11-18(20(22)25)26-13(2)23/h10,12,15-16,18-20,25H,5-9,11H2,1-4H3/t12-,15?,16?,18-,19?,20+,21+,22+/m1/s1. The van der Waals surface area contributed by atoms with Gasteiger partial charge in [-0.05, 0) is 67.8 Å². The van der Waals surface area contributed by atoms with Gasteiger partial charge in [-0.25, -0.2) is 0 Å². The summed E-state index contributed by atoms with van der Waals surface area (Å²) in [5.74, 6) is 0.993. The summed E-state index contributed by atoms with van der Waals surface area (Å²) in [6, 6.07) is 0. The first-order valence-corrected chi connectivity index (χ1v) is 10.3. The van der Waals surface area contributed by atoms with Gasteiger partial charge in [0.05, 0.1) is 6.10 Å². The summed E-state index contributed by atoms with van der Waals surface area (Å²) in [5.41, 5.74) is 1.15. The highest BCUT2D eigenvalue weighted by Crippen LogP contribution is 2.64. The second-order valence-electron chi connectivity index (χ2n) is 9.95. The number of esters is 1. The predicted octanol–water partition coefficient (Wildman–Crippen LogP) is 3.67. The molecule has 26 heavy (non-hydrogen) atoms. The zero-order valence-electron chi connectivity index (χ0n) is 16.5. The van der Waals surface area contributed by atoms with E-state index in [0.717, 1.165) is 25.7 Å². The average Bonchev–Trinajstić information content (AvgIpc) is 2.80. The van der Waals surface area contributed by atoms with E-state index in [-0.39, 0.29) is 34.4 Å². The number of aliphatic hydroxyl groups excluding tert-OH is 1. The molecule has 3 saturated carbocycles. The maximum Gasteiger partial charge on any atom is 0.302 e. The molecule has 0 radical (unpaired) electrons. The molecule has 0 amide bonds. The fraction of sp³-hybridized carbons (Fsp3) is 0.818. The van der Waals surface area contributed by atoms with Gasteiger partial charge < -0.3 is 9.84 Å². The van der Waals surface area contributed by atoms with Crippen LogP contribution in [0, 0.1) is 34.5 Å². The molecule has 0 spiro atoms. The smallest absolute Gasteiger partial charge is 0.302 e. The van der Waals surface area contributed by atoms with Gasteiger partial charge >= 0.3 is 5.97 Å². The van der Waals surface area contributed by atoms with Crippen LogP contribution in [0.25, 0.3) is 0 Å². The number of aliphatic hydroxyl groups is 1. The van der Waals surface area contributed by atoms with Gasteiger partial charge in [0.1, 0.15) is 6.10 Å². The molecule has 4 heteroatoms. The molecule has 8 atom stereocenters. The maximum absolute atomic E-state index is 13.2. The summed E-state index contributed by atoms with van der Waals surface area (Å²) in [6.45, 7) is 8.14. The number of ketones is 1. The molecule has 1 N–H and O–H groups in total. The highest BCUT2D eigenvalue weighted by atomic mass is 16.6. The van der Waals surface area contributed by atoms with Gasteiger partial charge in [0.25, 0.3) is 0 Å². The molecular formula is C22H32O4. The number of hydrogen-bond donors (Lipinski definition) is 1. The average molecular weight is 360 g/mol. The summed E-state index contributed by atoms with van der Waals surface area (Å²) in [7, 11) is 0. The Hall–Kier alpha value is -1.16. The zero-order chi connectivity index (χ0) is 18.9. The van der Waals surface area contributed by atoms with E-state index in [0.29, 0.717) is 18.3 Å². The Morgan fingerprint density at radius 1 is 1.23 bits per heavy atom. The van der Waals surface area contributed by atoms with Crippen LogP contribution in [-0.4, -0.2) is 29.1 Å². The van der Waals surface area contributed by atoms with Crippen LogP contribution >= 0.6 is 0 Å². The van der Waals surface area contributed by atoms with Gasteiger partial charge in [-0.3, -0.25) is 9.59 Å². The van der Waals surface area contributed by atoms with E-state index < -0.39 is 12.2 Å². The molecule has 0 heterocycles. The molecule has 4 nitrogen and oxygen atoms in total. The molecule has 0 aromatic heterocycles. The Kier molecular flexibility index (Phi) is 4.15. The Bertz CT molecular complexity index is 667. The van der Waals surface area contributed by atoms with Crippen molar-refractivity contribution in [2.24, 2.45) is 34.5 Å². The van der Waals surface area contributed by atoms with Crippen LogP contribution in [0.2, 0.25) is 0 Å². The lowest BCUT2D eigenvalue weighted by molar-refractivity contribution is -0.154. The van der Waals surface area contributed by atoms with Gasteiger partial charge in [-0.2, -0.15) is 0 Å². The first-order valence-electron chi connectivity index (χ1n) is 10.3. The minimum absolute atomic E-state index is 0.0360. The summed E-state index contributed by atoms with van der Waals surface area (Å²) in [5, 5.41) is 10.9. The zero-order valence-corrected chi connectivity index (χ0v) is 16.5. The number of fused-ring (bicyclic) bond motifs is 5. The molecular weight excluding hydrogens is 328 g/mol. The van der Waals surface area contributed by atoms with E-state index in [4.69, 9.17) is 4.74 Å². The molecule has 4 aliphatic rings. The van der Waals surface area contributed by atoms with Gasteiger partial charge in [0.15, 0.2) is 5.78 Å². The molecule has 3 fully saturated rings. The van der Waals surface area contributed by atoms with Gasteiger partial charge in [-0.1, -0.05) is 26.3 Å².